The maximum Gasteiger partial charge on any atom is 0.408 e. The third kappa shape index (κ3) is 7.04. The molecule has 2 aromatic carbocycles. The molecule has 0 saturated heterocycles. The second-order valence-corrected chi connectivity index (χ2v) is 6.98. The molecule has 0 fully saturated rings. The second-order valence-electron chi connectivity index (χ2n) is 6.98. The summed E-state index contributed by atoms with van der Waals surface area (Å²) >= 11 is 0. The van der Waals surface area contributed by atoms with Crippen LogP contribution in [-0.4, -0.2) is 42.8 Å². The van der Waals surface area contributed by atoms with Crippen molar-refractivity contribution in [2.45, 2.75) is 32.0 Å². The van der Waals surface area contributed by atoms with Gasteiger partial charge in [0.2, 0.25) is 0 Å². The lowest BCUT2D eigenvalue weighted by Crippen LogP contribution is -2.50. The SMILES string of the molecule is COC(=O)C(N)C(=O)C(C)C(=O)[C@H](Cc1ccccc1)NC(=O)OCc1ccccc1. The van der Waals surface area contributed by atoms with Gasteiger partial charge >= 0.3 is 12.1 Å². The van der Waals surface area contributed by atoms with Gasteiger partial charge in [0.1, 0.15) is 6.61 Å². The number of amides is 1. The quantitative estimate of drug-likeness (QED) is 0.438. The van der Waals surface area contributed by atoms with Crippen molar-refractivity contribution in [3.05, 3.63) is 71.8 Å². The molecule has 0 aromatic heterocycles. The van der Waals surface area contributed by atoms with Crippen molar-refractivity contribution < 1.29 is 28.7 Å². The Kier molecular flexibility index (Phi) is 8.90. The molecule has 2 aromatic rings. The molecule has 0 radical (unpaired) electrons. The normalized spacial score (nSPS) is 13.4. The zero-order valence-electron chi connectivity index (χ0n) is 17.4. The molecule has 3 atom stereocenters. The summed E-state index contributed by atoms with van der Waals surface area (Å²) in [4.78, 5) is 49.4. The van der Waals surface area contributed by atoms with E-state index in [1.807, 2.05) is 24.3 Å². The maximum absolute atomic E-state index is 13.0. The number of carbonyl (C=O) groups excluding carboxylic acids is 4. The Morgan fingerprint density at radius 3 is 2.00 bits per heavy atom. The smallest absolute Gasteiger partial charge is 0.408 e. The van der Waals surface area contributed by atoms with Crippen LogP contribution in [0, 0.1) is 5.92 Å². The van der Waals surface area contributed by atoms with Crippen LogP contribution in [0.5, 0.6) is 0 Å². The Balaban J connectivity index is 2.11. The molecule has 0 aliphatic heterocycles. The molecule has 0 bridgehead atoms. The van der Waals surface area contributed by atoms with E-state index in [4.69, 9.17) is 10.5 Å². The molecule has 0 spiro atoms. The minimum absolute atomic E-state index is 0.0284. The van der Waals surface area contributed by atoms with E-state index < -0.39 is 41.6 Å². The predicted octanol–water partition coefficient (Wildman–Crippen LogP) is 1.80. The molecule has 0 aliphatic carbocycles. The van der Waals surface area contributed by atoms with Gasteiger partial charge in [0.15, 0.2) is 17.6 Å². The van der Waals surface area contributed by atoms with Gasteiger partial charge in [0, 0.05) is 0 Å². The maximum atomic E-state index is 13.0. The van der Waals surface area contributed by atoms with E-state index in [2.05, 4.69) is 10.1 Å². The van der Waals surface area contributed by atoms with Crippen LogP contribution in [0.3, 0.4) is 0 Å². The van der Waals surface area contributed by atoms with Crippen molar-refractivity contribution in [2.75, 3.05) is 7.11 Å². The highest BCUT2D eigenvalue weighted by molar-refractivity contribution is 6.13. The number of ether oxygens (including phenoxy) is 2. The zero-order valence-corrected chi connectivity index (χ0v) is 17.4. The molecule has 2 rings (SSSR count). The Labute approximate surface area is 180 Å². The van der Waals surface area contributed by atoms with Crippen molar-refractivity contribution in [1.29, 1.82) is 0 Å². The van der Waals surface area contributed by atoms with Crippen molar-refractivity contribution in [2.24, 2.45) is 11.7 Å². The largest absolute Gasteiger partial charge is 0.468 e. The van der Waals surface area contributed by atoms with E-state index in [0.29, 0.717) is 0 Å². The first-order valence-electron chi connectivity index (χ1n) is 9.75. The summed E-state index contributed by atoms with van der Waals surface area (Å²) < 4.78 is 9.68. The molecule has 164 valence electrons. The Morgan fingerprint density at radius 2 is 1.45 bits per heavy atom. The number of hydrogen-bond donors (Lipinski definition) is 2. The number of rotatable bonds is 10. The molecule has 31 heavy (non-hydrogen) atoms. The summed E-state index contributed by atoms with van der Waals surface area (Å²) in [6, 6.07) is 15.5. The molecule has 1 amide bonds. The van der Waals surface area contributed by atoms with Crippen molar-refractivity contribution in [1.82, 2.24) is 5.32 Å². The van der Waals surface area contributed by atoms with E-state index in [1.165, 1.54) is 6.92 Å². The minimum atomic E-state index is -1.58. The third-order valence-corrected chi connectivity index (χ3v) is 4.75. The standard InChI is InChI=1S/C23H26N2O6/c1-15(21(27)19(24)22(28)30-2)20(26)18(13-16-9-5-3-6-10-16)25-23(29)31-14-17-11-7-4-8-12-17/h3-12,15,18-19H,13-14,24H2,1-2H3,(H,25,29)/t15?,18-,19?/m0/s1. The topological polar surface area (TPSA) is 125 Å². The van der Waals surface area contributed by atoms with Gasteiger partial charge in [-0.05, 0) is 24.5 Å². The van der Waals surface area contributed by atoms with E-state index in [-0.39, 0.29) is 13.0 Å². The molecular formula is C23H26N2O6. The lowest BCUT2D eigenvalue weighted by molar-refractivity contribution is -0.147. The molecule has 0 heterocycles. The highest BCUT2D eigenvalue weighted by Gasteiger charge is 2.35. The molecule has 8 heteroatoms. The van der Waals surface area contributed by atoms with Crippen LogP contribution >= 0.6 is 0 Å². The molecular weight excluding hydrogens is 400 g/mol. The number of nitrogens with two attached hydrogens (primary N) is 1. The average Bonchev–Trinajstić information content (AvgIpc) is 2.81. The van der Waals surface area contributed by atoms with Gasteiger partial charge in [0.25, 0.3) is 0 Å². The number of nitrogens with one attached hydrogen (secondary N) is 1. The predicted molar refractivity (Wildman–Crippen MR) is 113 cm³/mol. The number of alkyl carbamates (subject to hydrolysis) is 1. The number of carbonyl (C=O) groups is 4. The van der Waals surface area contributed by atoms with E-state index in [9.17, 15) is 19.2 Å². The van der Waals surface area contributed by atoms with Crippen LogP contribution in [0.2, 0.25) is 0 Å². The van der Waals surface area contributed by atoms with Gasteiger partial charge in [-0.25, -0.2) is 9.59 Å². The van der Waals surface area contributed by atoms with Crippen LogP contribution in [0.15, 0.2) is 60.7 Å². The monoisotopic (exact) mass is 426 g/mol. The molecule has 0 aliphatic rings. The second kappa shape index (κ2) is 11.6. The van der Waals surface area contributed by atoms with Gasteiger partial charge in [0.05, 0.1) is 19.1 Å². The Hall–Kier alpha value is -3.52. The highest BCUT2D eigenvalue weighted by atomic mass is 16.5. The van der Waals surface area contributed by atoms with Crippen LogP contribution in [-0.2, 0) is 36.9 Å². The molecule has 0 saturated carbocycles. The number of benzene rings is 2. The van der Waals surface area contributed by atoms with Crippen molar-refractivity contribution in [3.63, 3.8) is 0 Å². The highest BCUT2D eigenvalue weighted by Crippen LogP contribution is 2.12. The number of esters is 1. The average molecular weight is 426 g/mol. The summed E-state index contributed by atoms with van der Waals surface area (Å²) in [5.41, 5.74) is 7.15. The van der Waals surface area contributed by atoms with Gasteiger partial charge in [-0.3, -0.25) is 9.59 Å². The first-order chi connectivity index (χ1) is 14.8. The summed E-state index contributed by atoms with van der Waals surface area (Å²) in [6.45, 7) is 1.38. The summed E-state index contributed by atoms with van der Waals surface area (Å²) in [5, 5.41) is 2.53. The van der Waals surface area contributed by atoms with Gasteiger partial charge in [-0.2, -0.15) is 0 Å². The van der Waals surface area contributed by atoms with E-state index in [0.717, 1.165) is 18.2 Å². The first kappa shape index (κ1) is 23.8. The third-order valence-electron chi connectivity index (χ3n) is 4.75. The van der Waals surface area contributed by atoms with Crippen LogP contribution in [0.25, 0.3) is 0 Å². The first-order valence-corrected chi connectivity index (χ1v) is 9.75. The van der Waals surface area contributed by atoms with Crippen LogP contribution in [0.1, 0.15) is 18.1 Å². The summed E-state index contributed by atoms with van der Waals surface area (Å²) in [5.74, 6) is -3.52. The molecule has 8 nitrogen and oxygen atoms in total. The number of ketones is 2. The van der Waals surface area contributed by atoms with Gasteiger partial charge in [-0.1, -0.05) is 60.7 Å². The Morgan fingerprint density at radius 1 is 0.903 bits per heavy atom. The summed E-state index contributed by atoms with van der Waals surface area (Å²) in [6.07, 6.45) is -0.652. The molecule has 2 unspecified atom stereocenters. The van der Waals surface area contributed by atoms with Gasteiger partial charge in [-0.15, -0.1) is 0 Å². The van der Waals surface area contributed by atoms with E-state index >= 15 is 0 Å². The number of Topliss-reactive ketones (excluding diaryl/α,β-unsaturated/α-hetero) is 2. The van der Waals surface area contributed by atoms with E-state index in [1.54, 1.807) is 36.4 Å². The van der Waals surface area contributed by atoms with Crippen molar-refractivity contribution >= 4 is 23.6 Å². The lowest BCUT2D eigenvalue weighted by atomic mass is 9.89. The lowest BCUT2D eigenvalue weighted by Gasteiger charge is -2.22. The molecule has 3 N–H and O–H groups in total. The van der Waals surface area contributed by atoms with Crippen LogP contribution < -0.4 is 11.1 Å². The summed E-state index contributed by atoms with van der Waals surface area (Å²) in [7, 11) is 1.10. The fourth-order valence-corrected chi connectivity index (χ4v) is 2.93. The van der Waals surface area contributed by atoms with Crippen molar-refractivity contribution in [3.8, 4) is 0 Å². The minimum Gasteiger partial charge on any atom is -0.468 e. The van der Waals surface area contributed by atoms with Crippen LogP contribution in [0.4, 0.5) is 4.79 Å². The van der Waals surface area contributed by atoms with Gasteiger partial charge < -0.3 is 20.5 Å². The number of methoxy groups -OCH3 is 1. The number of hydrogen-bond acceptors (Lipinski definition) is 7. The fourth-order valence-electron chi connectivity index (χ4n) is 2.93. The Bertz CT molecular complexity index is 901. The zero-order chi connectivity index (χ0) is 22.8. The fraction of sp³-hybridized carbons (Fsp3) is 0.304.